The van der Waals surface area contributed by atoms with Gasteiger partial charge in [-0.05, 0) is 25.8 Å². The van der Waals surface area contributed by atoms with E-state index in [1.807, 2.05) is 25.9 Å². The van der Waals surface area contributed by atoms with E-state index in [0.717, 1.165) is 44.5 Å². The summed E-state index contributed by atoms with van der Waals surface area (Å²) in [6.07, 6.45) is 4.30. The fourth-order valence-corrected chi connectivity index (χ4v) is 2.02. The van der Waals surface area contributed by atoms with Crippen molar-refractivity contribution >= 4 is 11.9 Å². The van der Waals surface area contributed by atoms with Gasteiger partial charge >= 0.3 is 0 Å². The van der Waals surface area contributed by atoms with Crippen LogP contribution in [0.5, 0.6) is 0 Å². The molecule has 118 valence electrons. The van der Waals surface area contributed by atoms with Crippen molar-refractivity contribution in [3.63, 3.8) is 0 Å². The number of carbonyl (C=O) groups excluding carboxylic acids is 1. The first kappa shape index (κ1) is 17.4. The molecule has 0 saturated carbocycles. The van der Waals surface area contributed by atoms with Crippen LogP contribution in [-0.4, -0.2) is 48.0 Å². The van der Waals surface area contributed by atoms with Crippen molar-refractivity contribution < 1.29 is 4.79 Å². The molecule has 1 amide bonds. The summed E-state index contributed by atoms with van der Waals surface area (Å²) in [5.74, 6) is 0.606. The molecule has 1 rings (SSSR count). The molecule has 0 aliphatic heterocycles. The van der Waals surface area contributed by atoms with Gasteiger partial charge in [-0.1, -0.05) is 26.7 Å². The predicted molar refractivity (Wildman–Crippen MR) is 86.8 cm³/mol. The summed E-state index contributed by atoms with van der Waals surface area (Å²) >= 11 is 0. The highest BCUT2D eigenvalue weighted by atomic mass is 16.2. The molecule has 0 fully saturated rings. The van der Waals surface area contributed by atoms with Gasteiger partial charge in [0.15, 0.2) is 0 Å². The normalized spacial score (nSPS) is 10.5. The molecule has 1 aromatic heterocycles. The largest absolute Gasteiger partial charge is 0.344 e. The predicted octanol–water partition coefficient (Wildman–Crippen LogP) is 2.89. The zero-order valence-corrected chi connectivity index (χ0v) is 14.0. The minimum atomic E-state index is -0.0286. The van der Waals surface area contributed by atoms with Crippen molar-refractivity contribution in [3.05, 3.63) is 17.5 Å². The highest BCUT2D eigenvalue weighted by Gasteiger charge is 2.16. The Morgan fingerprint density at radius 3 is 2.33 bits per heavy atom. The molecule has 0 atom stereocenters. The number of aryl methyl sites for hydroxylation is 1. The first-order chi connectivity index (χ1) is 9.99. The SMILES string of the molecule is CCCCN(C)C(=O)c1cc(C)nc(N(C)CCCC)n1. The number of carbonyl (C=O) groups is 1. The van der Waals surface area contributed by atoms with Crippen LogP contribution in [-0.2, 0) is 0 Å². The third-order valence-corrected chi connectivity index (χ3v) is 3.44. The lowest BCUT2D eigenvalue weighted by Gasteiger charge is -2.20. The van der Waals surface area contributed by atoms with Gasteiger partial charge in [-0.15, -0.1) is 0 Å². The molecule has 0 spiro atoms. The number of anilines is 1. The van der Waals surface area contributed by atoms with Gasteiger partial charge in [0.05, 0.1) is 0 Å². The average molecular weight is 292 g/mol. The maximum absolute atomic E-state index is 12.4. The van der Waals surface area contributed by atoms with E-state index in [-0.39, 0.29) is 5.91 Å². The monoisotopic (exact) mass is 292 g/mol. The number of aromatic nitrogens is 2. The second kappa shape index (κ2) is 8.60. The summed E-state index contributed by atoms with van der Waals surface area (Å²) < 4.78 is 0. The molecule has 5 heteroatoms. The molecular formula is C16H28N4O. The van der Waals surface area contributed by atoms with Gasteiger partial charge in [-0.25, -0.2) is 9.97 Å². The van der Waals surface area contributed by atoms with E-state index in [2.05, 4.69) is 23.8 Å². The van der Waals surface area contributed by atoms with Crippen LogP contribution in [0.15, 0.2) is 6.07 Å². The Morgan fingerprint density at radius 1 is 1.10 bits per heavy atom. The summed E-state index contributed by atoms with van der Waals surface area (Å²) in [6, 6.07) is 1.77. The lowest BCUT2D eigenvalue weighted by molar-refractivity contribution is 0.0787. The van der Waals surface area contributed by atoms with Crippen LogP contribution in [0, 0.1) is 6.92 Å². The molecule has 0 N–H and O–H groups in total. The summed E-state index contributed by atoms with van der Waals surface area (Å²) in [4.78, 5) is 25.0. The van der Waals surface area contributed by atoms with Crippen LogP contribution in [0.3, 0.4) is 0 Å². The minimum Gasteiger partial charge on any atom is -0.344 e. The Bertz CT molecular complexity index is 462. The Kier molecular flexibility index (Phi) is 7.12. The van der Waals surface area contributed by atoms with Crippen molar-refractivity contribution in [1.29, 1.82) is 0 Å². The quantitative estimate of drug-likeness (QED) is 0.739. The smallest absolute Gasteiger partial charge is 0.272 e. The van der Waals surface area contributed by atoms with Crippen LogP contribution in [0.1, 0.15) is 55.7 Å². The van der Waals surface area contributed by atoms with E-state index in [0.29, 0.717) is 11.6 Å². The van der Waals surface area contributed by atoms with E-state index >= 15 is 0 Å². The third-order valence-electron chi connectivity index (χ3n) is 3.44. The van der Waals surface area contributed by atoms with Crippen molar-refractivity contribution in [2.24, 2.45) is 0 Å². The zero-order chi connectivity index (χ0) is 15.8. The number of hydrogen-bond donors (Lipinski definition) is 0. The Hall–Kier alpha value is -1.65. The summed E-state index contributed by atoms with van der Waals surface area (Å²) in [5, 5.41) is 0. The van der Waals surface area contributed by atoms with E-state index in [1.165, 1.54) is 0 Å². The average Bonchev–Trinajstić information content (AvgIpc) is 2.48. The van der Waals surface area contributed by atoms with Gasteiger partial charge in [-0.2, -0.15) is 0 Å². The highest BCUT2D eigenvalue weighted by Crippen LogP contribution is 2.11. The second-order valence-corrected chi connectivity index (χ2v) is 5.55. The Balaban J connectivity index is 2.88. The second-order valence-electron chi connectivity index (χ2n) is 5.55. The van der Waals surface area contributed by atoms with Crippen LogP contribution in [0.25, 0.3) is 0 Å². The lowest BCUT2D eigenvalue weighted by atomic mass is 10.2. The zero-order valence-electron chi connectivity index (χ0n) is 14.0. The van der Waals surface area contributed by atoms with Gasteiger partial charge in [0.25, 0.3) is 5.91 Å². The number of nitrogens with zero attached hydrogens (tertiary/aromatic N) is 4. The number of amides is 1. The van der Waals surface area contributed by atoms with Crippen LogP contribution in [0.2, 0.25) is 0 Å². The van der Waals surface area contributed by atoms with Crippen molar-refractivity contribution in [2.45, 2.75) is 46.5 Å². The van der Waals surface area contributed by atoms with Crippen molar-refractivity contribution in [3.8, 4) is 0 Å². The fraction of sp³-hybridized carbons (Fsp3) is 0.688. The summed E-state index contributed by atoms with van der Waals surface area (Å²) in [7, 11) is 3.80. The molecule has 21 heavy (non-hydrogen) atoms. The van der Waals surface area contributed by atoms with Gasteiger partial charge in [0, 0.05) is 32.9 Å². The van der Waals surface area contributed by atoms with Crippen LogP contribution < -0.4 is 4.90 Å². The Morgan fingerprint density at radius 2 is 1.71 bits per heavy atom. The molecule has 0 aromatic carbocycles. The van der Waals surface area contributed by atoms with E-state index in [4.69, 9.17) is 0 Å². The molecule has 0 unspecified atom stereocenters. The topological polar surface area (TPSA) is 49.3 Å². The lowest BCUT2D eigenvalue weighted by Crippen LogP contribution is -2.30. The van der Waals surface area contributed by atoms with Gasteiger partial charge in [0.1, 0.15) is 5.69 Å². The third kappa shape index (κ3) is 5.33. The van der Waals surface area contributed by atoms with Crippen LogP contribution >= 0.6 is 0 Å². The molecule has 0 bridgehead atoms. The van der Waals surface area contributed by atoms with Gasteiger partial charge in [-0.3, -0.25) is 4.79 Å². The van der Waals surface area contributed by atoms with E-state index in [1.54, 1.807) is 11.0 Å². The standard InChI is InChI=1S/C16H28N4O/c1-6-8-10-19(4)15(21)14-12-13(3)17-16(18-14)20(5)11-9-7-2/h12H,6-11H2,1-5H3. The molecule has 0 aliphatic rings. The maximum atomic E-state index is 12.4. The highest BCUT2D eigenvalue weighted by molar-refractivity contribution is 5.92. The molecular weight excluding hydrogens is 264 g/mol. The van der Waals surface area contributed by atoms with Crippen molar-refractivity contribution in [2.75, 3.05) is 32.1 Å². The molecule has 1 heterocycles. The van der Waals surface area contributed by atoms with E-state index in [9.17, 15) is 4.79 Å². The Labute approximate surface area is 128 Å². The number of rotatable bonds is 8. The molecule has 0 saturated heterocycles. The maximum Gasteiger partial charge on any atom is 0.272 e. The number of hydrogen-bond acceptors (Lipinski definition) is 4. The molecule has 5 nitrogen and oxygen atoms in total. The molecule has 0 radical (unpaired) electrons. The van der Waals surface area contributed by atoms with Gasteiger partial charge in [0.2, 0.25) is 5.95 Å². The number of unbranched alkanes of at least 4 members (excludes halogenated alkanes) is 2. The molecule has 1 aromatic rings. The molecule has 0 aliphatic carbocycles. The summed E-state index contributed by atoms with van der Waals surface area (Å²) in [6.45, 7) is 7.84. The first-order valence-electron chi connectivity index (χ1n) is 7.81. The van der Waals surface area contributed by atoms with Gasteiger partial charge < -0.3 is 9.80 Å². The van der Waals surface area contributed by atoms with Crippen LogP contribution in [0.4, 0.5) is 5.95 Å². The van der Waals surface area contributed by atoms with Crippen molar-refractivity contribution in [1.82, 2.24) is 14.9 Å². The van der Waals surface area contributed by atoms with E-state index < -0.39 is 0 Å². The fourth-order valence-electron chi connectivity index (χ4n) is 2.02. The minimum absolute atomic E-state index is 0.0286. The summed E-state index contributed by atoms with van der Waals surface area (Å²) in [5.41, 5.74) is 1.31. The first-order valence-corrected chi connectivity index (χ1v) is 7.81.